The number of rotatable bonds is 8. The highest BCUT2D eigenvalue weighted by molar-refractivity contribution is 7.33. The Morgan fingerprint density at radius 1 is 0.345 bits per heavy atom. The first-order chi connectivity index (χ1) is 41.3. The molecular weight excluding hydrogens is 1070 g/mol. The molecular formula is C82H82BN3S. The Morgan fingerprint density at radius 3 is 1.38 bits per heavy atom. The van der Waals surface area contributed by atoms with E-state index in [-0.39, 0.29) is 33.8 Å². The SMILES string of the molecule is CC(C)(C)c1ccc(N(c2ccc3c(c2)N(c2ccc(C(C)(C)C)cc2)c2cc(-c4ccccc4-c4ccccc4)cc4c2B3c2sc3ccc(C(C)(C)C)cc3c2N4c2cc(C(C)(C)C)cc(C(C)(C)C)c2)c2ccccc2-c2ccccc2)cc1. The van der Waals surface area contributed by atoms with E-state index in [1.165, 1.54) is 115 Å². The minimum atomic E-state index is -0.111. The fourth-order valence-corrected chi connectivity index (χ4v) is 14.5. The number of thiophene rings is 1. The van der Waals surface area contributed by atoms with Crippen molar-refractivity contribution >= 4 is 95.0 Å². The van der Waals surface area contributed by atoms with E-state index in [9.17, 15) is 0 Å². The average molecular weight is 1150 g/mol. The summed E-state index contributed by atoms with van der Waals surface area (Å²) in [5.41, 5.74) is 26.4. The third-order valence-corrected chi connectivity index (χ3v) is 19.4. The first kappa shape index (κ1) is 57.7. The van der Waals surface area contributed by atoms with Crippen molar-refractivity contribution in [1.29, 1.82) is 0 Å². The molecule has 0 spiro atoms. The molecule has 3 heterocycles. The van der Waals surface area contributed by atoms with Crippen LogP contribution in [-0.4, -0.2) is 6.71 Å². The summed E-state index contributed by atoms with van der Waals surface area (Å²) in [6.07, 6.45) is 0. The first-order valence-corrected chi connectivity index (χ1v) is 32.1. The molecule has 13 rings (SSSR count). The highest BCUT2D eigenvalue weighted by Crippen LogP contribution is 2.53. The Bertz CT molecular complexity index is 4370. The summed E-state index contributed by atoms with van der Waals surface area (Å²) < 4.78 is 2.66. The number of hydrogen-bond acceptors (Lipinski definition) is 4. The highest BCUT2D eigenvalue weighted by Gasteiger charge is 2.46. The van der Waals surface area contributed by atoms with Gasteiger partial charge in [-0.25, -0.2) is 0 Å². The van der Waals surface area contributed by atoms with Gasteiger partial charge in [-0.05, 0) is 172 Å². The van der Waals surface area contributed by atoms with Gasteiger partial charge in [0.1, 0.15) is 0 Å². The summed E-state index contributed by atoms with van der Waals surface area (Å²) in [4.78, 5) is 7.83. The molecule has 0 saturated heterocycles. The Kier molecular flexibility index (Phi) is 14.1. The molecule has 0 amide bonds. The lowest BCUT2D eigenvalue weighted by Gasteiger charge is -2.44. The van der Waals surface area contributed by atoms with E-state index in [1.807, 2.05) is 11.3 Å². The largest absolute Gasteiger partial charge is 0.311 e. The van der Waals surface area contributed by atoms with Crippen molar-refractivity contribution in [3.63, 3.8) is 0 Å². The third kappa shape index (κ3) is 10.5. The van der Waals surface area contributed by atoms with Crippen molar-refractivity contribution < 1.29 is 0 Å². The Morgan fingerprint density at radius 2 is 0.816 bits per heavy atom. The van der Waals surface area contributed by atoms with Gasteiger partial charge < -0.3 is 14.7 Å². The van der Waals surface area contributed by atoms with Crippen LogP contribution >= 0.6 is 11.3 Å². The number of anilines is 9. The molecule has 0 aliphatic carbocycles. The molecule has 1 aromatic heterocycles. The normalized spacial score (nSPS) is 13.4. The van der Waals surface area contributed by atoms with Crippen LogP contribution in [0.1, 0.15) is 132 Å². The lowest BCUT2D eigenvalue weighted by atomic mass is 9.36. The van der Waals surface area contributed by atoms with E-state index in [4.69, 9.17) is 0 Å². The fraction of sp³-hybridized carbons (Fsp3) is 0.244. The quantitative estimate of drug-likeness (QED) is 0.140. The number of hydrogen-bond donors (Lipinski definition) is 0. The zero-order valence-electron chi connectivity index (χ0n) is 53.7. The molecule has 5 heteroatoms. The van der Waals surface area contributed by atoms with Gasteiger partial charge in [0, 0.05) is 60.2 Å². The zero-order chi connectivity index (χ0) is 61.1. The average Bonchev–Trinajstić information content (AvgIpc) is 1.70. The van der Waals surface area contributed by atoms with Gasteiger partial charge in [-0.3, -0.25) is 0 Å². The summed E-state index contributed by atoms with van der Waals surface area (Å²) in [5, 5.41) is 1.30. The van der Waals surface area contributed by atoms with Crippen LogP contribution in [0.15, 0.2) is 224 Å². The van der Waals surface area contributed by atoms with Crippen molar-refractivity contribution in [2.24, 2.45) is 0 Å². The number of benzene rings is 10. The van der Waals surface area contributed by atoms with Crippen LogP contribution in [0.3, 0.4) is 0 Å². The standard InChI is InChI=1S/C82H82BN3S/c1-78(2,3)56-34-39-61(40-35-56)84(70-33-25-24-32-67(70)54-28-20-17-21-29-54)63-43-44-69-71(52-63)85(62-41-36-57(37-42-62)79(4,5)6)72-46-55(66-31-23-22-30-65(66)53-26-18-16-19-27-53)47-73-75(72)83(69)77-76(68-51-58(80(7,8)9)38-45-74(68)87-77)86(73)64-49-59(81(10,11)12)48-60(50-64)82(13,14)15/h16-52H,1-15H3. The second-order valence-corrected chi connectivity index (χ2v) is 30.6. The summed E-state index contributed by atoms with van der Waals surface area (Å²) in [6.45, 7) is 35.0. The van der Waals surface area contributed by atoms with Gasteiger partial charge in [-0.2, -0.15) is 0 Å². The summed E-state index contributed by atoms with van der Waals surface area (Å²) in [5.74, 6) is 0. The van der Waals surface area contributed by atoms with Crippen LogP contribution < -0.4 is 30.4 Å². The van der Waals surface area contributed by atoms with Crippen LogP contribution in [0.25, 0.3) is 43.5 Å². The van der Waals surface area contributed by atoms with Crippen LogP contribution in [0.5, 0.6) is 0 Å². The summed E-state index contributed by atoms with van der Waals surface area (Å²) >= 11 is 1.98. The molecule has 0 bridgehead atoms. The van der Waals surface area contributed by atoms with Gasteiger partial charge in [-0.1, -0.05) is 249 Å². The van der Waals surface area contributed by atoms with E-state index in [2.05, 4.69) is 343 Å². The van der Waals surface area contributed by atoms with E-state index < -0.39 is 0 Å². The van der Waals surface area contributed by atoms with E-state index in [0.29, 0.717) is 0 Å². The van der Waals surface area contributed by atoms with Crippen molar-refractivity contribution in [3.8, 4) is 33.4 Å². The first-order valence-electron chi connectivity index (χ1n) is 31.3. The molecule has 0 atom stereocenters. The predicted octanol–water partition coefficient (Wildman–Crippen LogP) is 21.9. The maximum absolute atomic E-state index is 2.71. The van der Waals surface area contributed by atoms with E-state index in [1.54, 1.807) is 0 Å². The Hall–Kier alpha value is -8.38. The van der Waals surface area contributed by atoms with Gasteiger partial charge in [0.05, 0.1) is 11.4 Å². The Balaban J connectivity index is 1.17. The van der Waals surface area contributed by atoms with Gasteiger partial charge in [0.15, 0.2) is 0 Å². The minimum absolute atomic E-state index is 0.00746. The number of nitrogens with zero attached hydrogens (tertiary/aromatic N) is 3. The van der Waals surface area contributed by atoms with Gasteiger partial charge in [0.25, 0.3) is 6.71 Å². The summed E-state index contributed by atoms with van der Waals surface area (Å²) in [7, 11) is 0. The zero-order valence-corrected chi connectivity index (χ0v) is 54.5. The van der Waals surface area contributed by atoms with Crippen molar-refractivity contribution in [2.75, 3.05) is 14.7 Å². The molecule has 0 unspecified atom stereocenters. The van der Waals surface area contributed by atoms with Crippen molar-refractivity contribution in [3.05, 3.63) is 252 Å². The lowest BCUT2D eigenvalue weighted by molar-refractivity contribution is 0.568. The smallest absolute Gasteiger partial charge is 0.264 e. The fourth-order valence-electron chi connectivity index (χ4n) is 13.2. The molecule has 2 aliphatic heterocycles. The maximum atomic E-state index is 2.71. The van der Waals surface area contributed by atoms with Crippen molar-refractivity contribution in [2.45, 2.75) is 131 Å². The third-order valence-electron chi connectivity index (χ3n) is 18.2. The monoisotopic (exact) mass is 1150 g/mol. The molecule has 11 aromatic rings. The van der Waals surface area contributed by atoms with Gasteiger partial charge in [-0.15, -0.1) is 11.3 Å². The molecule has 10 aromatic carbocycles. The summed E-state index contributed by atoms with van der Waals surface area (Å²) in [6, 6.07) is 85.9. The second kappa shape index (κ2) is 21.2. The molecule has 0 radical (unpaired) electrons. The Labute approximate surface area is 523 Å². The molecule has 0 N–H and O–H groups in total. The molecule has 87 heavy (non-hydrogen) atoms. The molecule has 434 valence electrons. The van der Waals surface area contributed by atoms with Crippen molar-refractivity contribution in [1.82, 2.24) is 0 Å². The van der Waals surface area contributed by atoms with Crippen LogP contribution in [0.4, 0.5) is 51.2 Å². The van der Waals surface area contributed by atoms with E-state index >= 15 is 0 Å². The number of para-hydroxylation sites is 1. The molecule has 3 nitrogen and oxygen atoms in total. The minimum Gasteiger partial charge on any atom is -0.311 e. The van der Waals surface area contributed by atoms with Gasteiger partial charge >= 0.3 is 0 Å². The molecule has 2 aliphatic rings. The number of fused-ring (bicyclic) bond motifs is 6. The highest BCUT2D eigenvalue weighted by atomic mass is 32.1. The molecule has 0 fully saturated rings. The predicted molar refractivity (Wildman–Crippen MR) is 380 cm³/mol. The second-order valence-electron chi connectivity index (χ2n) is 29.5. The van der Waals surface area contributed by atoms with Crippen LogP contribution in [0, 0.1) is 0 Å². The van der Waals surface area contributed by atoms with E-state index in [0.717, 1.165) is 22.7 Å². The lowest BCUT2D eigenvalue weighted by Crippen LogP contribution is -2.60. The molecule has 0 saturated carbocycles. The topological polar surface area (TPSA) is 9.72 Å². The maximum Gasteiger partial charge on any atom is 0.264 e. The van der Waals surface area contributed by atoms with Crippen LogP contribution in [-0.2, 0) is 27.1 Å². The van der Waals surface area contributed by atoms with Crippen LogP contribution in [0.2, 0.25) is 0 Å². The van der Waals surface area contributed by atoms with Gasteiger partial charge in [0.2, 0.25) is 0 Å².